The Bertz CT molecular complexity index is 477. The second kappa shape index (κ2) is 5.95. The molecule has 1 aromatic rings. The maximum absolute atomic E-state index is 4.64. The third kappa shape index (κ3) is 3.48. The molecule has 110 valence electrons. The lowest BCUT2D eigenvalue weighted by Crippen LogP contribution is -2.52. The number of likely N-dealkylation sites (N-methyl/N-ethyl adjacent to an activating group) is 2. The lowest BCUT2D eigenvalue weighted by atomic mass is 10.2. The maximum atomic E-state index is 4.64. The van der Waals surface area contributed by atoms with E-state index in [0.29, 0.717) is 12.0 Å². The summed E-state index contributed by atoms with van der Waals surface area (Å²) in [5.41, 5.74) is 0. The van der Waals surface area contributed by atoms with Gasteiger partial charge < -0.3 is 10.2 Å². The van der Waals surface area contributed by atoms with Gasteiger partial charge in [0.15, 0.2) is 0 Å². The molecule has 0 spiro atoms. The van der Waals surface area contributed by atoms with E-state index in [0.717, 1.165) is 42.4 Å². The van der Waals surface area contributed by atoms with E-state index in [1.165, 1.54) is 12.8 Å². The molecule has 5 nitrogen and oxygen atoms in total. The van der Waals surface area contributed by atoms with Crippen LogP contribution in [0, 0.1) is 0 Å². The number of halogens is 1. The molecule has 1 aliphatic heterocycles. The van der Waals surface area contributed by atoms with Gasteiger partial charge in [0.2, 0.25) is 0 Å². The van der Waals surface area contributed by atoms with Crippen molar-refractivity contribution >= 4 is 21.7 Å². The largest absolute Gasteiger partial charge is 0.368 e. The van der Waals surface area contributed by atoms with Gasteiger partial charge in [-0.2, -0.15) is 0 Å². The van der Waals surface area contributed by atoms with E-state index in [-0.39, 0.29) is 0 Å². The van der Waals surface area contributed by atoms with E-state index < -0.39 is 0 Å². The first-order valence-corrected chi connectivity index (χ1v) is 8.08. The van der Waals surface area contributed by atoms with Gasteiger partial charge in [-0.15, -0.1) is 0 Å². The van der Waals surface area contributed by atoms with Gasteiger partial charge in [-0.05, 0) is 42.9 Å². The highest BCUT2D eigenvalue weighted by Gasteiger charge is 2.27. The Balaban J connectivity index is 1.62. The summed E-state index contributed by atoms with van der Waals surface area (Å²) in [4.78, 5) is 13.9. The minimum Gasteiger partial charge on any atom is -0.368 e. The van der Waals surface area contributed by atoms with Crippen molar-refractivity contribution in [1.82, 2.24) is 19.8 Å². The zero-order valence-corrected chi connectivity index (χ0v) is 13.7. The number of aromatic nitrogens is 2. The second-order valence-electron chi connectivity index (χ2n) is 5.99. The van der Waals surface area contributed by atoms with Gasteiger partial charge >= 0.3 is 0 Å². The zero-order valence-electron chi connectivity index (χ0n) is 12.1. The summed E-state index contributed by atoms with van der Waals surface area (Å²) in [6.45, 7) is 4.31. The van der Waals surface area contributed by atoms with E-state index in [1.54, 1.807) is 0 Å². The van der Waals surface area contributed by atoms with Crippen molar-refractivity contribution in [3.63, 3.8) is 0 Å². The van der Waals surface area contributed by atoms with Crippen molar-refractivity contribution in [2.45, 2.75) is 24.8 Å². The van der Waals surface area contributed by atoms with E-state index in [2.05, 4.69) is 55.1 Å². The molecule has 1 saturated carbocycles. The lowest BCUT2D eigenvalue weighted by Gasteiger charge is -2.37. The minimum absolute atomic E-state index is 0.534. The highest BCUT2D eigenvalue weighted by atomic mass is 79.9. The van der Waals surface area contributed by atoms with E-state index >= 15 is 0 Å². The lowest BCUT2D eigenvalue weighted by molar-refractivity contribution is 0.122. The number of anilines is 1. The molecule has 0 radical (unpaired) electrons. The van der Waals surface area contributed by atoms with Crippen LogP contribution in [-0.4, -0.2) is 66.1 Å². The van der Waals surface area contributed by atoms with Crippen LogP contribution >= 0.6 is 15.9 Å². The fourth-order valence-corrected chi connectivity index (χ4v) is 2.99. The normalized spacial score (nSPS) is 24.9. The summed E-state index contributed by atoms with van der Waals surface area (Å²) in [7, 11) is 4.39. The first kappa shape index (κ1) is 14.2. The van der Waals surface area contributed by atoms with Gasteiger partial charge in [0, 0.05) is 44.2 Å². The summed E-state index contributed by atoms with van der Waals surface area (Å²) in [6, 6.07) is 2.50. The third-order valence-electron chi connectivity index (χ3n) is 4.15. The van der Waals surface area contributed by atoms with Crippen LogP contribution in [0.15, 0.2) is 10.7 Å². The number of rotatable bonds is 4. The van der Waals surface area contributed by atoms with Crippen molar-refractivity contribution in [2.75, 3.05) is 45.6 Å². The molecule has 0 bridgehead atoms. The number of hydrogen-bond acceptors (Lipinski definition) is 5. The first-order valence-electron chi connectivity index (χ1n) is 7.29. The van der Waals surface area contributed by atoms with Crippen LogP contribution in [0.5, 0.6) is 0 Å². The molecule has 2 heterocycles. The fraction of sp³-hybridized carbons (Fsp3) is 0.714. The van der Waals surface area contributed by atoms with Gasteiger partial charge in [0.25, 0.3) is 0 Å². The Kier molecular flexibility index (Phi) is 4.23. The maximum Gasteiger partial charge on any atom is 0.135 e. The molecule has 3 rings (SSSR count). The highest BCUT2D eigenvalue weighted by molar-refractivity contribution is 9.10. The molecule has 0 amide bonds. The molecule has 1 atom stereocenters. The number of hydrogen-bond donors (Lipinski definition) is 1. The Morgan fingerprint density at radius 3 is 2.85 bits per heavy atom. The molecule has 20 heavy (non-hydrogen) atoms. The van der Waals surface area contributed by atoms with Crippen LogP contribution in [0.3, 0.4) is 0 Å². The summed E-state index contributed by atoms with van der Waals surface area (Å²) in [5.74, 6) is 2.50. The predicted octanol–water partition coefficient (Wildman–Crippen LogP) is 1.77. The Morgan fingerprint density at radius 2 is 2.10 bits per heavy atom. The average molecular weight is 340 g/mol. The Hall–Kier alpha value is -0.720. The SMILES string of the molecule is CN1CCN(C)C(CNc2cc(Br)nc(C3CC3)n2)C1. The molecular weight excluding hydrogens is 318 g/mol. The van der Waals surface area contributed by atoms with Crippen molar-refractivity contribution < 1.29 is 0 Å². The molecule has 2 fully saturated rings. The molecule has 6 heteroatoms. The molecule has 1 N–H and O–H groups in total. The predicted molar refractivity (Wildman–Crippen MR) is 84.1 cm³/mol. The third-order valence-corrected chi connectivity index (χ3v) is 4.56. The zero-order chi connectivity index (χ0) is 14.1. The van der Waals surface area contributed by atoms with Crippen LogP contribution in [-0.2, 0) is 0 Å². The van der Waals surface area contributed by atoms with E-state index in [4.69, 9.17) is 0 Å². The van der Waals surface area contributed by atoms with Crippen LogP contribution in [0.4, 0.5) is 5.82 Å². The van der Waals surface area contributed by atoms with Gasteiger partial charge in [-0.25, -0.2) is 9.97 Å². The molecule has 1 aromatic heterocycles. The van der Waals surface area contributed by atoms with Gasteiger partial charge in [0.05, 0.1) is 0 Å². The quantitative estimate of drug-likeness (QED) is 0.847. The van der Waals surface area contributed by atoms with Crippen molar-refractivity contribution in [3.8, 4) is 0 Å². The molecule has 1 saturated heterocycles. The van der Waals surface area contributed by atoms with Crippen molar-refractivity contribution in [2.24, 2.45) is 0 Å². The molecule has 2 aliphatic rings. The second-order valence-corrected chi connectivity index (χ2v) is 6.80. The first-order chi connectivity index (χ1) is 9.61. The summed E-state index contributed by atoms with van der Waals surface area (Å²) >= 11 is 3.49. The molecule has 1 aliphatic carbocycles. The van der Waals surface area contributed by atoms with Crippen LogP contribution in [0.1, 0.15) is 24.6 Å². The molecule has 1 unspecified atom stereocenters. The minimum atomic E-state index is 0.534. The topological polar surface area (TPSA) is 44.3 Å². The molecular formula is C14H22BrN5. The monoisotopic (exact) mass is 339 g/mol. The summed E-state index contributed by atoms with van der Waals surface area (Å²) < 4.78 is 0.881. The summed E-state index contributed by atoms with van der Waals surface area (Å²) in [5, 5.41) is 3.48. The Labute approximate surface area is 128 Å². The van der Waals surface area contributed by atoms with Crippen molar-refractivity contribution in [1.29, 1.82) is 0 Å². The number of nitrogens with one attached hydrogen (secondary N) is 1. The van der Waals surface area contributed by atoms with Crippen LogP contribution < -0.4 is 5.32 Å². The average Bonchev–Trinajstić information content (AvgIpc) is 3.23. The summed E-state index contributed by atoms with van der Waals surface area (Å²) in [6.07, 6.45) is 2.46. The van der Waals surface area contributed by atoms with Crippen LogP contribution in [0.25, 0.3) is 0 Å². The smallest absolute Gasteiger partial charge is 0.135 e. The van der Waals surface area contributed by atoms with Gasteiger partial charge in [-0.3, -0.25) is 4.90 Å². The Morgan fingerprint density at radius 1 is 1.30 bits per heavy atom. The number of piperazine rings is 1. The van der Waals surface area contributed by atoms with Crippen molar-refractivity contribution in [3.05, 3.63) is 16.5 Å². The van der Waals surface area contributed by atoms with E-state index in [9.17, 15) is 0 Å². The fourth-order valence-electron chi connectivity index (χ4n) is 2.59. The van der Waals surface area contributed by atoms with Crippen LogP contribution in [0.2, 0.25) is 0 Å². The standard InChI is InChI=1S/C14H22BrN5/c1-19-5-6-20(2)11(9-19)8-16-13-7-12(15)17-14(18-13)10-3-4-10/h7,10-11H,3-6,8-9H2,1-2H3,(H,16,17,18). The highest BCUT2D eigenvalue weighted by Crippen LogP contribution is 2.38. The number of nitrogens with zero attached hydrogens (tertiary/aromatic N) is 4. The molecule has 0 aromatic carbocycles. The van der Waals surface area contributed by atoms with Gasteiger partial charge in [-0.1, -0.05) is 0 Å². The van der Waals surface area contributed by atoms with E-state index in [1.807, 2.05) is 6.07 Å². The van der Waals surface area contributed by atoms with Gasteiger partial charge in [0.1, 0.15) is 16.2 Å².